The van der Waals surface area contributed by atoms with Gasteiger partial charge in [0.1, 0.15) is 10.9 Å². The number of aromatic nitrogens is 2. The average Bonchev–Trinajstić information content (AvgIpc) is 3.34. The molecule has 1 aromatic heterocycles. The Morgan fingerprint density at radius 1 is 1.09 bits per heavy atom. The maximum atomic E-state index is 12.7. The summed E-state index contributed by atoms with van der Waals surface area (Å²) in [7, 11) is 0. The molecule has 0 aliphatic carbocycles. The van der Waals surface area contributed by atoms with Crippen molar-refractivity contribution in [3.8, 4) is 0 Å². The van der Waals surface area contributed by atoms with Gasteiger partial charge in [0.05, 0.1) is 4.91 Å². The minimum absolute atomic E-state index is 0.199. The first-order chi connectivity index (χ1) is 15.9. The van der Waals surface area contributed by atoms with Gasteiger partial charge in [-0.25, -0.2) is 0 Å². The fourth-order valence-electron chi connectivity index (χ4n) is 2.69. The summed E-state index contributed by atoms with van der Waals surface area (Å²) in [6.07, 6.45) is 1.72. The maximum Gasteiger partial charge on any atom is 0.266 e. The van der Waals surface area contributed by atoms with Crippen LogP contribution in [0.3, 0.4) is 0 Å². The number of nitrogens with one attached hydrogen (secondary N) is 1. The van der Waals surface area contributed by atoms with Crippen LogP contribution in [0.15, 0.2) is 57.8 Å². The molecule has 1 aliphatic heterocycles. The Kier molecular flexibility index (Phi) is 8.05. The zero-order valence-electron chi connectivity index (χ0n) is 16.7. The van der Waals surface area contributed by atoms with Crippen LogP contribution >= 0.6 is 70.3 Å². The molecule has 1 fully saturated rings. The number of carbonyl (C=O) groups excluding carboxylic acids is 2. The van der Waals surface area contributed by atoms with Crippen molar-refractivity contribution in [1.82, 2.24) is 15.1 Å². The van der Waals surface area contributed by atoms with E-state index in [1.165, 1.54) is 28.0 Å². The van der Waals surface area contributed by atoms with Crippen molar-refractivity contribution >= 4 is 97.6 Å². The monoisotopic (exact) mass is 552 g/mol. The van der Waals surface area contributed by atoms with E-state index in [-0.39, 0.29) is 12.5 Å². The van der Waals surface area contributed by atoms with Gasteiger partial charge in [-0.1, -0.05) is 94.5 Å². The number of thiocarbonyl (C=S) groups is 1. The second-order valence-corrected chi connectivity index (χ2v) is 11.4. The molecule has 1 saturated heterocycles. The van der Waals surface area contributed by atoms with E-state index in [1.807, 2.05) is 24.3 Å². The molecule has 0 saturated carbocycles. The van der Waals surface area contributed by atoms with E-state index >= 15 is 0 Å². The third kappa shape index (κ3) is 6.56. The predicted molar refractivity (Wildman–Crippen MR) is 141 cm³/mol. The number of benzene rings is 2. The largest absolute Gasteiger partial charge is 0.299 e. The summed E-state index contributed by atoms with van der Waals surface area (Å²) in [5.74, 6) is -0.00741. The standard InChI is InChI=1S/C21H14Cl2N4O2S4/c22-14-5-1-12(2-6-14)9-16-18(29)27(21(30)32-16)10-17(28)24-19-25-26-20(33-19)31-11-13-3-7-15(23)8-4-13/h1-9H,10-11H2,(H,24,25,28)/b16-9-. The van der Waals surface area contributed by atoms with Crippen molar-refractivity contribution in [3.05, 3.63) is 74.6 Å². The van der Waals surface area contributed by atoms with Gasteiger partial charge < -0.3 is 0 Å². The highest BCUT2D eigenvalue weighted by Gasteiger charge is 2.33. The molecule has 168 valence electrons. The second kappa shape index (κ2) is 11.0. The summed E-state index contributed by atoms with van der Waals surface area (Å²) < 4.78 is 1.04. The van der Waals surface area contributed by atoms with Gasteiger partial charge in [0.2, 0.25) is 11.0 Å². The summed E-state index contributed by atoms with van der Waals surface area (Å²) in [6, 6.07) is 14.7. The Labute approximate surface area is 217 Å². The van der Waals surface area contributed by atoms with Crippen LogP contribution in [0, 0.1) is 0 Å². The smallest absolute Gasteiger partial charge is 0.266 e. The summed E-state index contributed by atoms with van der Waals surface area (Å²) in [5, 5.41) is 12.4. The number of amides is 2. The number of anilines is 1. The SMILES string of the molecule is O=C(CN1C(=O)/C(=C/c2ccc(Cl)cc2)SC1=S)Nc1nnc(SCc2ccc(Cl)cc2)s1. The van der Waals surface area contributed by atoms with E-state index in [1.54, 1.807) is 30.3 Å². The van der Waals surface area contributed by atoms with E-state index in [0.717, 1.165) is 27.2 Å². The van der Waals surface area contributed by atoms with Crippen LogP contribution in [0.5, 0.6) is 0 Å². The lowest BCUT2D eigenvalue weighted by atomic mass is 10.2. The number of hydrogen-bond acceptors (Lipinski definition) is 8. The molecule has 1 N–H and O–H groups in total. The zero-order chi connectivity index (χ0) is 23.4. The number of carbonyl (C=O) groups is 2. The topological polar surface area (TPSA) is 75.2 Å². The number of rotatable bonds is 7. The molecule has 33 heavy (non-hydrogen) atoms. The summed E-state index contributed by atoms with van der Waals surface area (Å²) in [6.45, 7) is -0.199. The van der Waals surface area contributed by atoms with Crippen molar-refractivity contribution in [2.24, 2.45) is 0 Å². The van der Waals surface area contributed by atoms with E-state index < -0.39 is 5.91 Å². The Hall–Kier alpha value is -1.95. The third-order valence-electron chi connectivity index (χ3n) is 4.27. The van der Waals surface area contributed by atoms with Gasteiger partial charge >= 0.3 is 0 Å². The van der Waals surface area contributed by atoms with Gasteiger partial charge in [-0.15, -0.1) is 10.2 Å². The molecule has 12 heteroatoms. The molecule has 0 radical (unpaired) electrons. The van der Waals surface area contributed by atoms with Gasteiger partial charge in [0.25, 0.3) is 5.91 Å². The molecule has 0 spiro atoms. The van der Waals surface area contributed by atoms with Crippen LogP contribution < -0.4 is 5.32 Å². The number of nitrogens with zero attached hydrogens (tertiary/aromatic N) is 3. The minimum atomic E-state index is -0.399. The van der Waals surface area contributed by atoms with Crippen molar-refractivity contribution in [1.29, 1.82) is 0 Å². The number of halogens is 2. The Balaban J connectivity index is 1.32. The van der Waals surface area contributed by atoms with E-state index in [9.17, 15) is 9.59 Å². The first-order valence-corrected chi connectivity index (χ1v) is 13.2. The molecule has 0 bridgehead atoms. The summed E-state index contributed by atoms with van der Waals surface area (Å²) in [4.78, 5) is 26.9. The van der Waals surface area contributed by atoms with Crippen molar-refractivity contribution in [2.45, 2.75) is 10.1 Å². The third-order valence-corrected chi connectivity index (χ3v) is 8.20. The minimum Gasteiger partial charge on any atom is -0.299 e. The zero-order valence-corrected chi connectivity index (χ0v) is 21.4. The molecular formula is C21H14Cl2N4O2S4. The predicted octanol–water partition coefficient (Wildman–Crippen LogP) is 5.98. The fraction of sp³-hybridized carbons (Fsp3) is 0.0952. The van der Waals surface area contributed by atoms with Crippen molar-refractivity contribution in [2.75, 3.05) is 11.9 Å². The van der Waals surface area contributed by atoms with Crippen LogP contribution in [-0.4, -0.2) is 37.8 Å². The Morgan fingerprint density at radius 3 is 2.45 bits per heavy atom. The Morgan fingerprint density at radius 2 is 1.76 bits per heavy atom. The average molecular weight is 554 g/mol. The van der Waals surface area contributed by atoms with Crippen LogP contribution in [0.1, 0.15) is 11.1 Å². The molecule has 4 rings (SSSR count). The molecule has 2 heterocycles. The first kappa shape index (κ1) is 24.2. The van der Waals surface area contributed by atoms with Crippen molar-refractivity contribution in [3.63, 3.8) is 0 Å². The van der Waals surface area contributed by atoms with Crippen LogP contribution in [0.25, 0.3) is 6.08 Å². The van der Waals surface area contributed by atoms with Gasteiger partial charge in [-0.2, -0.15) is 0 Å². The molecule has 0 atom stereocenters. The first-order valence-electron chi connectivity index (χ1n) is 9.39. The molecule has 2 amide bonds. The number of thioether (sulfide) groups is 2. The lowest BCUT2D eigenvalue weighted by Crippen LogP contribution is -2.36. The van der Waals surface area contributed by atoms with Gasteiger partial charge in [0, 0.05) is 15.8 Å². The van der Waals surface area contributed by atoms with E-state index in [0.29, 0.717) is 30.2 Å². The van der Waals surface area contributed by atoms with Gasteiger partial charge in [-0.3, -0.25) is 19.8 Å². The summed E-state index contributed by atoms with van der Waals surface area (Å²) in [5.41, 5.74) is 1.92. The molecule has 2 aromatic carbocycles. The van der Waals surface area contributed by atoms with Crippen LogP contribution in [0.2, 0.25) is 10.0 Å². The quantitative estimate of drug-likeness (QED) is 0.167. The molecule has 6 nitrogen and oxygen atoms in total. The lowest BCUT2D eigenvalue weighted by molar-refractivity contribution is -0.126. The normalized spacial score (nSPS) is 14.8. The van der Waals surface area contributed by atoms with Crippen LogP contribution in [0.4, 0.5) is 5.13 Å². The molecular weight excluding hydrogens is 539 g/mol. The Bertz CT molecular complexity index is 1230. The highest BCUT2D eigenvalue weighted by Crippen LogP contribution is 2.33. The molecule has 0 unspecified atom stereocenters. The van der Waals surface area contributed by atoms with Crippen LogP contribution in [-0.2, 0) is 15.3 Å². The number of hydrogen-bond donors (Lipinski definition) is 1. The fourth-order valence-corrected chi connectivity index (χ4v) is 5.92. The maximum absolute atomic E-state index is 12.7. The lowest BCUT2D eigenvalue weighted by Gasteiger charge is -2.13. The van der Waals surface area contributed by atoms with Crippen molar-refractivity contribution < 1.29 is 9.59 Å². The van der Waals surface area contributed by atoms with Gasteiger partial charge in [0.15, 0.2) is 4.34 Å². The molecule has 3 aromatic rings. The van der Waals surface area contributed by atoms with Gasteiger partial charge in [-0.05, 0) is 41.5 Å². The second-order valence-electron chi connectivity index (χ2n) is 6.66. The molecule has 1 aliphatic rings. The highest BCUT2D eigenvalue weighted by atomic mass is 35.5. The highest BCUT2D eigenvalue weighted by molar-refractivity contribution is 8.26. The summed E-state index contributed by atoms with van der Waals surface area (Å²) >= 11 is 21.0. The van der Waals surface area contributed by atoms with E-state index in [2.05, 4.69) is 15.5 Å². The van der Waals surface area contributed by atoms with E-state index in [4.69, 9.17) is 35.4 Å².